The Balaban J connectivity index is 1.19. The van der Waals surface area contributed by atoms with Gasteiger partial charge in [0.25, 0.3) is 5.56 Å². The van der Waals surface area contributed by atoms with Crippen LogP contribution < -0.4 is 16.2 Å². The Hall–Kier alpha value is -3.76. The van der Waals surface area contributed by atoms with Gasteiger partial charge >= 0.3 is 0 Å². The number of aromatic nitrogens is 4. The average Bonchev–Trinajstić information content (AvgIpc) is 3.44. The maximum Gasteiger partial charge on any atom is 0.264 e. The monoisotopic (exact) mass is 514 g/mol. The highest BCUT2D eigenvalue weighted by atomic mass is 32.2. The van der Waals surface area contributed by atoms with Crippen molar-refractivity contribution in [3.8, 4) is 0 Å². The van der Waals surface area contributed by atoms with Gasteiger partial charge < -0.3 is 10.6 Å². The number of anilines is 1. The fourth-order valence-electron chi connectivity index (χ4n) is 6.32. The Morgan fingerprint density at radius 3 is 2.62 bits per heavy atom. The lowest BCUT2D eigenvalue weighted by Crippen LogP contribution is -2.45. The first-order valence-corrected chi connectivity index (χ1v) is 14.1. The molecule has 2 aliphatic heterocycles. The molecule has 7 rings (SSSR count). The van der Waals surface area contributed by atoms with Gasteiger partial charge in [0.2, 0.25) is 5.95 Å². The molecular weight excluding hydrogens is 488 g/mol. The third-order valence-corrected chi connectivity index (χ3v) is 9.97. The topological polar surface area (TPSA) is 138 Å². The van der Waals surface area contributed by atoms with Crippen LogP contribution in [0.1, 0.15) is 41.3 Å². The Morgan fingerprint density at radius 2 is 1.81 bits per heavy atom. The van der Waals surface area contributed by atoms with Crippen LogP contribution in [0.5, 0.6) is 0 Å². The predicted octanol–water partition coefficient (Wildman–Crippen LogP) is 2.71. The number of aromatic amines is 2. The van der Waals surface area contributed by atoms with Crippen molar-refractivity contribution in [1.82, 2.24) is 20.2 Å². The van der Waals surface area contributed by atoms with Gasteiger partial charge in [-0.15, -0.1) is 0 Å². The first kappa shape index (κ1) is 22.4. The number of nitrogens with two attached hydrogens (primary N) is 1. The number of hydrogen-bond donors (Lipinski definition) is 3. The van der Waals surface area contributed by atoms with Gasteiger partial charge in [-0.3, -0.25) is 14.9 Å². The van der Waals surface area contributed by atoms with Crippen LogP contribution in [0.25, 0.3) is 16.6 Å². The molecule has 0 radical (unpaired) electrons. The van der Waals surface area contributed by atoms with Crippen LogP contribution in [0, 0.1) is 5.41 Å². The summed E-state index contributed by atoms with van der Waals surface area (Å²) in [6, 6.07) is 15.3. The smallest absolute Gasteiger partial charge is 0.264 e. The molecule has 188 valence electrons. The number of benzene rings is 2. The highest BCUT2D eigenvalue weighted by Gasteiger charge is 2.46. The fraction of sp³-hybridized carbons (Fsp3) is 0.296. The van der Waals surface area contributed by atoms with Crippen molar-refractivity contribution in [1.29, 1.82) is 0 Å². The van der Waals surface area contributed by atoms with E-state index >= 15 is 0 Å². The van der Waals surface area contributed by atoms with Crippen LogP contribution in [0.3, 0.4) is 0 Å². The summed E-state index contributed by atoms with van der Waals surface area (Å²) in [7, 11) is -3.41. The van der Waals surface area contributed by atoms with E-state index in [-0.39, 0.29) is 27.7 Å². The molecule has 1 spiro atoms. The van der Waals surface area contributed by atoms with Crippen molar-refractivity contribution in [2.75, 3.05) is 23.7 Å². The van der Waals surface area contributed by atoms with Crippen molar-refractivity contribution < 1.29 is 8.42 Å². The highest BCUT2D eigenvalue weighted by Crippen LogP contribution is 2.50. The van der Waals surface area contributed by atoms with Gasteiger partial charge in [0.05, 0.1) is 10.6 Å². The number of nitrogens with one attached hydrogen (secondary N) is 2. The van der Waals surface area contributed by atoms with E-state index in [0.717, 1.165) is 32.4 Å². The molecular formula is C27H26N6O3S. The summed E-state index contributed by atoms with van der Waals surface area (Å²) in [5, 5.41) is 7.63. The molecule has 0 unspecified atom stereocenters. The molecule has 0 bridgehead atoms. The summed E-state index contributed by atoms with van der Waals surface area (Å²) in [4.78, 5) is 23.3. The van der Waals surface area contributed by atoms with Crippen LogP contribution >= 0.6 is 0 Å². The van der Waals surface area contributed by atoms with Crippen LogP contribution in [0.2, 0.25) is 0 Å². The first-order chi connectivity index (χ1) is 17.9. The van der Waals surface area contributed by atoms with Gasteiger partial charge in [-0.25, -0.2) is 8.42 Å². The molecule has 9 nitrogen and oxygen atoms in total. The maximum absolute atomic E-state index is 13.3. The Morgan fingerprint density at radius 1 is 1.05 bits per heavy atom. The van der Waals surface area contributed by atoms with Crippen molar-refractivity contribution in [2.24, 2.45) is 11.1 Å². The number of sulfone groups is 1. The Labute approximate surface area is 213 Å². The number of piperidine rings is 1. The number of rotatable bonds is 2. The van der Waals surface area contributed by atoms with E-state index < -0.39 is 9.84 Å². The van der Waals surface area contributed by atoms with Crippen LogP contribution in [0.15, 0.2) is 64.3 Å². The van der Waals surface area contributed by atoms with Crippen LogP contribution in [-0.4, -0.2) is 47.4 Å². The summed E-state index contributed by atoms with van der Waals surface area (Å²) in [6.07, 6.45) is 4.43. The van der Waals surface area contributed by atoms with E-state index in [1.165, 1.54) is 11.1 Å². The molecule has 3 aliphatic rings. The van der Waals surface area contributed by atoms with Crippen LogP contribution in [-0.2, 0) is 16.3 Å². The van der Waals surface area contributed by atoms with Gasteiger partial charge in [0.15, 0.2) is 15.5 Å². The molecule has 4 heterocycles. The van der Waals surface area contributed by atoms with Crippen molar-refractivity contribution >= 4 is 32.4 Å². The van der Waals surface area contributed by atoms with Gasteiger partial charge in [-0.1, -0.05) is 48.5 Å². The molecule has 2 aromatic heterocycles. The van der Waals surface area contributed by atoms with E-state index in [4.69, 9.17) is 10.7 Å². The summed E-state index contributed by atoms with van der Waals surface area (Å²) >= 11 is 0. The lowest BCUT2D eigenvalue weighted by Gasteiger charge is -2.42. The number of nitrogens with zero attached hydrogens (tertiary/aromatic N) is 3. The molecule has 1 aliphatic carbocycles. The lowest BCUT2D eigenvalue weighted by molar-refractivity contribution is 0.187. The molecule has 10 heteroatoms. The standard InChI is InChI=1S/C27H26N6O3S/c28-23-17-6-2-1-5-16(17)15-27(23)10-12-33(13-11-27)26-29-24-21(25(34)30-26)22(31-32-24)19-9-14-37(35,36)20-8-4-3-7-18(19)20/h1-9,23H,10-15,28H2,(H2,29,30,31,32,34)/t23-/m1/s1. The summed E-state index contributed by atoms with van der Waals surface area (Å²) < 4.78 is 25.1. The van der Waals surface area contributed by atoms with Crippen LogP contribution in [0.4, 0.5) is 5.95 Å². The number of H-pyrrole nitrogens is 2. The molecule has 0 saturated carbocycles. The molecule has 1 saturated heterocycles. The zero-order valence-corrected chi connectivity index (χ0v) is 20.9. The van der Waals surface area contributed by atoms with E-state index in [0.29, 0.717) is 33.8 Å². The quantitative estimate of drug-likeness (QED) is 0.374. The molecule has 2 aromatic carbocycles. The summed E-state index contributed by atoms with van der Waals surface area (Å²) in [6.45, 7) is 1.49. The molecule has 4 aromatic rings. The number of fused-ring (bicyclic) bond motifs is 3. The van der Waals surface area contributed by atoms with Crippen molar-refractivity contribution in [2.45, 2.75) is 30.2 Å². The van der Waals surface area contributed by atoms with Gasteiger partial charge in [0, 0.05) is 30.3 Å². The molecule has 4 N–H and O–H groups in total. The molecule has 37 heavy (non-hydrogen) atoms. The van der Waals surface area contributed by atoms with Gasteiger partial charge in [-0.05, 0) is 41.9 Å². The lowest BCUT2D eigenvalue weighted by atomic mass is 9.73. The number of hydrogen-bond acceptors (Lipinski definition) is 7. The van der Waals surface area contributed by atoms with E-state index in [1.54, 1.807) is 30.3 Å². The maximum atomic E-state index is 13.3. The predicted molar refractivity (Wildman–Crippen MR) is 141 cm³/mol. The second-order valence-electron chi connectivity index (χ2n) is 10.3. The second-order valence-corrected chi connectivity index (χ2v) is 12.3. The molecule has 1 atom stereocenters. The minimum absolute atomic E-state index is 0.0194. The SMILES string of the molecule is N[C@@H]1c2ccccc2CC12CCN(c1nc3[nH]nc(C4=CCS(=O)(=O)c5ccccc54)c3c(=O)[nH]1)CC2. The summed E-state index contributed by atoms with van der Waals surface area (Å²) in [5.41, 5.74) is 11.0. The van der Waals surface area contributed by atoms with E-state index in [1.807, 2.05) is 0 Å². The van der Waals surface area contributed by atoms with Crippen molar-refractivity contribution in [3.63, 3.8) is 0 Å². The Bertz CT molecular complexity index is 1760. The zero-order valence-electron chi connectivity index (χ0n) is 20.1. The minimum Gasteiger partial charge on any atom is -0.342 e. The largest absolute Gasteiger partial charge is 0.342 e. The van der Waals surface area contributed by atoms with Gasteiger partial charge in [0.1, 0.15) is 11.1 Å². The first-order valence-electron chi connectivity index (χ1n) is 12.5. The van der Waals surface area contributed by atoms with Crippen molar-refractivity contribution in [3.05, 3.63) is 87.3 Å². The van der Waals surface area contributed by atoms with E-state index in [2.05, 4.69) is 44.3 Å². The fourth-order valence-corrected chi connectivity index (χ4v) is 7.68. The molecule has 1 fully saturated rings. The Kier molecular flexibility index (Phi) is 4.77. The molecule has 0 amide bonds. The third kappa shape index (κ3) is 3.32. The highest BCUT2D eigenvalue weighted by molar-refractivity contribution is 7.91. The third-order valence-electron chi connectivity index (χ3n) is 8.34. The minimum atomic E-state index is -3.41. The van der Waals surface area contributed by atoms with Gasteiger partial charge in [-0.2, -0.15) is 10.1 Å². The second kappa shape index (κ2) is 7.87. The average molecular weight is 515 g/mol. The van der Waals surface area contributed by atoms with E-state index in [9.17, 15) is 13.2 Å². The summed E-state index contributed by atoms with van der Waals surface area (Å²) in [5.74, 6) is 0.366. The normalized spacial score (nSPS) is 21.6. The zero-order chi connectivity index (χ0) is 25.4.